The van der Waals surface area contributed by atoms with Crippen molar-refractivity contribution in [1.29, 1.82) is 0 Å². The lowest BCUT2D eigenvalue weighted by Crippen LogP contribution is -2.25. The van der Waals surface area contributed by atoms with Gasteiger partial charge >= 0.3 is 0 Å². The molecule has 0 unspecified atom stereocenters. The highest BCUT2D eigenvalue weighted by Gasteiger charge is 2.14. The number of rotatable bonds is 7. The molecule has 1 aromatic heterocycles. The highest BCUT2D eigenvalue weighted by molar-refractivity contribution is 7.89. The summed E-state index contributed by atoms with van der Waals surface area (Å²) in [7, 11) is -3.50. The van der Waals surface area contributed by atoms with Crippen molar-refractivity contribution >= 4 is 27.2 Å². The number of aromatic nitrogens is 1. The molecule has 0 bridgehead atoms. The summed E-state index contributed by atoms with van der Waals surface area (Å²) < 4.78 is 26.4. The second kappa shape index (κ2) is 6.93. The first kappa shape index (κ1) is 16.0. The maximum absolute atomic E-state index is 11.9. The van der Waals surface area contributed by atoms with E-state index in [0.29, 0.717) is 18.2 Å². The molecule has 1 heterocycles. The van der Waals surface area contributed by atoms with Gasteiger partial charge in [-0.05, 0) is 30.9 Å². The minimum Gasteiger partial charge on any atom is -0.388 e. The normalized spacial score (nSPS) is 11.7. The van der Waals surface area contributed by atoms with Gasteiger partial charge < -0.3 is 5.73 Å². The first-order valence-corrected chi connectivity index (χ1v) is 7.97. The largest absolute Gasteiger partial charge is 0.388 e. The summed E-state index contributed by atoms with van der Waals surface area (Å²) in [6.45, 7) is 4.64. The van der Waals surface area contributed by atoms with Gasteiger partial charge in [0, 0.05) is 12.7 Å². The smallest absolute Gasteiger partial charge is 0.242 e. The Hall–Kier alpha value is -1.05. The SMILES string of the molecule is CC(C)CCCNS(=O)(=O)c1ccc(C(N)=S)nc1. The van der Waals surface area contributed by atoms with Crippen molar-refractivity contribution in [1.82, 2.24) is 9.71 Å². The zero-order valence-corrected chi connectivity index (χ0v) is 12.7. The molecule has 1 aromatic rings. The average Bonchev–Trinajstić information content (AvgIpc) is 2.34. The zero-order chi connectivity index (χ0) is 14.5. The molecule has 0 saturated carbocycles. The van der Waals surface area contributed by atoms with Gasteiger partial charge in [-0.15, -0.1) is 0 Å². The Kier molecular flexibility index (Phi) is 5.84. The van der Waals surface area contributed by atoms with Crippen LogP contribution in [0.4, 0.5) is 0 Å². The topological polar surface area (TPSA) is 85.1 Å². The molecule has 0 radical (unpaired) electrons. The van der Waals surface area contributed by atoms with E-state index >= 15 is 0 Å². The Morgan fingerprint density at radius 2 is 2.16 bits per heavy atom. The fourth-order valence-electron chi connectivity index (χ4n) is 1.49. The second-order valence-electron chi connectivity index (χ2n) is 4.68. The van der Waals surface area contributed by atoms with Crippen molar-refractivity contribution in [2.75, 3.05) is 6.54 Å². The van der Waals surface area contributed by atoms with Gasteiger partial charge in [-0.2, -0.15) is 0 Å². The van der Waals surface area contributed by atoms with Crippen LogP contribution in [0, 0.1) is 5.92 Å². The van der Waals surface area contributed by atoms with Crippen molar-refractivity contribution in [3.63, 3.8) is 0 Å². The molecule has 0 atom stereocenters. The van der Waals surface area contributed by atoms with Crippen molar-refractivity contribution in [2.24, 2.45) is 11.7 Å². The van der Waals surface area contributed by atoms with E-state index in [9.17, 15) is 8.42 Å². The second-order valence-corrected chi connectivity index (χ2v) is 6.88. The molecule has 0 saturated heterocycles. The molecular weight excluding hydrogens is 282 g/mol. The van der Waals surface area contributed by atoms with Gasteiger partial charge in [0.25, 0.3) is 0 Å². The summed E-state index contributed by atoms with van der Waals surface area (Å²) in [4.78, 5) is 4.18. The predicted molar refractivity (Wildman–Crippen MR) is 79.4 cm³/mol. The third-order valence-corrected chi connectivity index (χ3v) is 4.20. The molecule has 0 aliphatic heterocycles. The van der Waals surface area contributed by atoms with Crippen LogP contribution < -0.4 is 10.5 Å². The van der Waals surface area contributed by atoms with E-state index in [1.165, 1.54) is 18.3 Å². The van der Waals surface area contributed by atoms with Crippen molar-refractivity contribution < 1.29 is 8.42 Å². The minimum atomic E-state index is -3.50. The lowest BCUT2D eigenvalue weighted by molar-refractivity contribution is 0.539. The van der Waals surface area contributed by atoms with Crippen LogP contribution in [0.3, 0.4) is 0 Å². The van der Waals surface area contributed by atoms with Gasteiger partial charge in [-0.3, -0.25) is 4.98 Å². The fourth-order valence-corrected chi connectivity index (χ4v) is 2.62. The predicted octanol–water partition coefficient (Wildman–Crippen LogP) is 1.43. The standard InChI is InChI=1S/C12H19N3O2S2/c1-9(2)4-3-7-15-19(16,17)10-5-6-11(12(13)18)14-8-10/h5-6,8-9,15H,3-4,7H2,1-2H3,(H2,13,18). The molecule has 106 valence electrons. The molecule has 0 fully saturated rings. The van der Waals surface area contributed by atoms with E-state index in [1.54, 1.807) is 0 Å². The third-order valence-electron chi connectivity index (χ3n) is 2.55. The molecule has 3 N–H and O–H groups in total. The Bertz CT molecular complexity index is 524. The number of nitrogens with one attached hydrogen (secondary N) is 1. The van der Waals surface area contributed by atoms with Crippen LogP contribution in [0.5, 0.6) is 0 Å². The molecule has 0 aromatic carbocycles. The lowest BCUT2D eigenvalue weighted by Gasteiger charge is -2.08. The maximum atomic E-state index is 11.9. The number of hydrogen-bond acceptors (Lipinski definition) is 4. The third kappa shape index (κ3) is 5.22. The molecule has 0 amide bonds. The van der Waals surface area contributed by atoms with E-state index in [1.807, 2.05) is 0 Å². The number of pyridine rings is 1. The number of nitrogens with two attached hydrogens (primary N) is 1. The molecule has 19 heavy (non-hydrogen) atoms. The van der Waals surface area contributed by atoms with E-state index in [0.717, 1.165) is 12.8 Å². The van der Waals surface area contributed by atoms with Crippen LogP contribution >= 0.6 is 12.2 Å². The molecule has 0 aliphatic rings. The fraction of sp³-hybridized carbons (Fsp3) is 0.500. The Morgan fingerprint density at radius 1 is 1.47 bits per heavy atom. The highest BCUT2D eigenvalue weighted by Crippen LogP contribution is 2.09. The molecule has 5 nitrogen and oxygen atoms in total. The monoisotopic (exact) mass is 301 g/mol. The summed E-state index contributed by atoms with van der Waals surface area (Å²) in [5.41, 5.74) is 5.81. The lowest BCUT2D eigenvalue weighted by atomic mass is 10.1. The maximum Gasteiger partial charge on any atom is 0.242 e. The molecular formula is C12H19N3O2S2. The van der Waals surface area contributed by atoms with Crippen LogP contribution in [0.2, 0.25) is 0 Å². The highest BCUT2D eigenvalue weighted by atomic mass is 32.2. The first-order valence-electron chi connectivity index (χ1n) is 6.08. The van der Waals surface area contributed by atoms with Crippen LogP contribution in [-0.4, -0.2) is 24.9 Å². The van der Waals surface area contributed by atoms with Crippen molar-refractivity contribution in [3.05, 3.63) is 24.0 Å². The molecule has 1 rings (SSSR count). The molecule has 7 heteroatoms. The summed E-state index contributed by atoms with van der Waals surface area (Å²) in [5.74, 6) is 0.566. The summed E-state index contributed by atoms with van der Waals surface area (Å²) in [5, 5.41) is 0. The van der Waals surface area contributed by atoms with Gasteiger partial charge in [-0.1, -0.05) is 26.1 Å². The number of hydrogen-bond donors (Lipinski definition) is 2. The first-order chi connectivity index (χ1) is 8.83. The number of thiocarbonyl (C=S) groups is 1. The van der Waals surface area contributed by atoms with Gasteiger partial charge in [-0.25, -0.2) is 13.1 Å². The van der Waals surface area contributed by atoms with Gasteiger partial charge in [0.15, 0.2) is 0 Å². The Morgan fingerprint density at radius 3 is 2.63 bits per heavy atom. The quantitative estimate of drug-likeness (QED) is 0.588. The Labute approximate surface area is 119 Å². The zero-order valence-electron chi connectivity index (χ0n) is 11.1. The van der Waals surface area contributed by atoms with E-state index in [2.05, 4.69) is 23.6 Å². The Balaban J connectivity index is 2.64. The van der Waals surface area contributed by atoms with E-state index in [-0.39, 0.29) is 9.88 Å². The van der Waals surface area contributed by atoms with Crippen LogP contribution in [0.25, 0.3) is 0 Å². The van der Waals surface area contributed by atoms with Gasteiger partial charge in [0.1, 0.15) is 9.88 Å². The van der Waals surface area contributed by atoms with Crippen LogP contribution in [-0.2, 0) is 10.0 Å². The van der Waals surface area contributed by atoms with Crippen molar-refractivity contribution in [2.45, 2.75) is 31.6 Å². The summed E-state index contributed by atoms with van der Waals surface area (Å²) in [6, 6.07) is 2.96. The summed E-state index contributed by atoms with van der Waals surface area (Å²) >= 11 is 4.76. The van der Waals surface area contributed by atoms with E-state index < -0.39 is 10.0 Å². The van der Waals surface area contributed by atoms with Gasteiger partial charge in [0.05, 0.1) is 5.69 Å². The molecule has 0 aliphatic carbocycles. The summed E-state index contributed by atoms with van der Waals surface area (Å²) in [6.07, 6.45) is 3.07. The van der Waals surface area contributed by atoms with Crippen molar-refractivity contribution in [3.8, 4) is 0 Å². The number of nitrogens with zero attached hydrogens (tertiary/aromatic N) is 1. The van der Waals surface area contributed by atoms with E-state index in [4.69, 9.17) is 18.0 Å². The van der Waals surface area contributed by atoms with Gasteiger partial charge in [0.2, 0.25) is 10.0 Å². The average molecular weight is 301 g/mol. The minimum absolute atomic E-state index is 0.122. The van der Waals surface area contributed by atoms with Crippen LogP contribution in [0.1, 0.15) is 32.4 Å². The van der Waals surface area contributed by atoms with Crippen LogP contribution in [0.15, 0.2) is 23.2 Å². The molecule has 0 spiro atoms. The number of sulfonamides is 1.